The predicted molar refractivity (Wildman–Crippen MR) is 109 cm³/mol. The molecular weight excluding hydrogens is 388 g/mol. The van der Waals surface area contributed by atoms with Crippen LogP contribution in [0.2, 0.25) is 0 Å². The molecule has 1 amide bonds. The maximum atomic E-state index is 12.9. The number of aromatic nitrogens is 1. The lowest BCUT2D eigenvalue weighted by atomic mass is 10.1. The number of anilines is 1. The van der Waals surface area contributed by atoms with Gasteiger partial charge < -0.3 is 23.8 Å². The standard InChI is InChI=1S/C22H20N2O6/c1-26-17-12-14-13-18(25)24(30-19(14)21(28-3)20(17)27-2)16-10-7-11-23-22(16)29-15-8-5-4-6-9-15/h4-12H,13H2,1-3H3. The van der Waals surface area contributed by atoms with Crippen molar-refractivity contribution in [2.24, 2.45) is 0 Å². The Morgan fingerprint density at radius 1 is 0.967 bits per heavy atom. The van der Waals surface area contributed by atoms with Gasteiger partial charge in [0, 0.05) is 11.8 Å². The van der Waals surface area contributed by atoms with Crippen LogP contribution >= 0.6 is 0 Å². The highest BCUT2D eigenvalue weighted by Crippen LogP contribution is 2.49. The van der Waals surface area contributed by atoms with Crippen LogP contribution in [-0.4, -0.2) is 32.2 Å². The second-order valence-corrected chi connectivity index (χ2v) is 6.33. The summed E-state index contributed by atoms with van der Waals surface area (Å²) in [5, 5.41) is 1.15. The van der Waals surface area contributed by atoms with Gasteiger partial charge in [0.15, 0.2) is 5.75 Å². The van der Waals surface area contributed by atoms with Crippen molar-refractivity contribution in [3.05, 3.63) is 60.3 Å². The van der Waals surface area contributed by atoms with Crippen molar-refractivity contribution in [3.8, 4) is 34.6 Å². The van der Waals surface area contributed by atoms with E-state index in [0.717, 1.165) is 5.06 Å². The van der Waals surface area contributed by atoms with Crippen molar-refractivity contribution < 1.29 is 28.6 Å². The molecule has 154 valence electrons. The second kappa shape index (κ2) is 8.20. The van der Waals surface area contributed by atoms with Gasteiger partial charge in [0.05, 0.1) is 27.8 Å². The van der Waals surface area contributed by atoms with Gasteiger partial charge in [-0.1, -0.05) is 18.2 Å². The Bertz CT molecular complexity index is 1070. The summed E-state index contributed by atoms with van der Waals surface area (Å²) in [4.78, 5) is 23.2. The summed E-state index contributed by atoms with van der Waals surface area (Å²) in [7, 11) is 4.52. The third kappa shape index (κ3) is 3.43. The van der Waals surface area contributed by atoms with Crippen molar-refractivity contribution in [1.29, 1.82) is 0 Å². The van der Waals surface area contributed by atoms with Gasteiger partial charge in [-0.05, 0) is 30.3 Å². The zero-order valence-corrected chi connectivity index (χ0v) is 16.7. The van der Waals surface area contributed by atoms with Crippen LogP contribution < -0.4 is 28.8 Å². The van der Waals surface area contributed by atoms with Crippen LogP contribution in [0.4, 0.5) is 5.69 Å². The minimum absolute atomic E-state index is 0.0751. The molecule has 0 atom stereocenters. The van der Waals surface area contributed by atoms with E-state index in [0.29, 0.717) is 40.0 Å². The molecule has 8 nitrogen and oxygen atoms in total. The first kappa shape index (κ1) is 19.4. The van der Waals surface area contributed by atoms with E-state index >= 15 is 0 Å². The minimum Gasteiger partial charge on any atom is -0.493 e. The zero-order chi connectivity index (χ0) is 21.1. The van der Waals surface area contributed by atoms with E-state index in [-0.39, 0.29) is 18.2 Å². The van der Waals surface area contributed by atoms with Gasteiger partial charge in [-0.15, -0.1) is 5.06 Å². The topological polar surface area (TPSA) is 79.3 Å². The Kier molecular flexibility index (Phi) is 5.30. The number of ether oxygens (including phenoxy) is 4. The highest BCUT2D eigenvalue weighted by Gasteiger charge is 2.34. The molecule has 3 aromatic rings. The maximum Gasteiger partial charge on any atom is 0.264 e. The van der Waals surface area contributed by atoms with Crippen LogP contribution in [0.25, 0.3) is 0 Å². The number of hydrogen-bond acceptors (Lipinski definition) is 7. The molecule has 1 aromatic heterocycles. The second-order valence-electron chi connectivity index (χ2n) is 6.33. The molecule has 0 N–H and O–H groups in total. The molecule has 0 fully saturated rings. The fourth-order valence-electron chi connectivity index (χ4n) is 3.19. The van der Waals surface area contributed by atoms with Gasteiger partial charge in [-0.2, -0.15) is 0 Å². The molecule has 0 bridgehead atoms. The van der Waals surface area contributed by atoms with Crippen molar-refractivity contribution in [2.75, 3.05) is 26.4 Å². The number of rotatable bonds is 6. The molecule has 2 aromatic carbocycles. The van der Waals surface area contributed by atoms with Gasteiger partial charge >= 0.3 is 0 Å². The number of methoxy groups -OCH3 is 3. The minimum atomic E-state index is -0.289. The van der Waals surface area contributed by atoms with Gasteiger partial charge in [0.1, 0.15) is 11.4 Å². The maximum absolute atomic E-state index is 12.9. The van der Waals surface area contributed by atoms with Gasteiger partial charge in [0.25, 0.3) is 5.91 Å². The number of hydrogen-bond donors (Lipinski definition) is 0. The van der Waals surface area contributed by atoms with Crippen molar-refractivity contribution >= 4 is 11.6 Å². The summed E-state index contributed by atoms with van der Waals surface area (Å²) >= 11 is 0. The molecular formula is C22H20N2O6. The Labute approximate surface area is 173 Å². The summed E-state index contributed by atoms with van der Waals surface area (Å²) in [6.45, 7) is 0. The van der Waals surface area contributed by atoms with Crippen LogP contribution in [0.5, 0.6) is 34.6 Å². The molecule has 0 radical (unpaired) electrons. The summed E-state index contributed by atoms with van der Waals surface area (Å²) in [6, 6.07) is 14.3. The number of carbonyl (C=O) groups is 1. The Morgan fingerprint density at radius 2 is 1.73 bits per heavy atom. The Balaban J connectivity index is 1.75. The van der Waals surface area contributed by atoms with E-state index in [1.54, 1.807) is 36.5 Å². The van der Waals surface area contributed by atoms with E-state index in [4.69, 9.17) is 23.8 Å². The number of para-hydroxylation sites is 1. The highest BCUT2D eigenvalue weighted by atomic mass is 16.7. The zero-order valence-electron chi connectivity index (χ0n) is 16.7. The van der Waals surface area contributed by atoms with Crippen LogP contribution in [-0.2, 0) is 11.2 Å². The lowest BCUT2D eigenvalue weighted by molar-refractivity contribution is -0.123. The number of benzene rings is 2. The number of fused-ring (bicyclic) bond motifs is 1. The summed E-state index contributed by atoms with van der Waals surface area (Å²) in [6.07, 6.45) is 1.66. The first-order chi connectivity index (χ1) is 14.7. The number of nitrogens with zero attached hydrogens (tertiary/aromatic N) is 2. The molecule has 0 saturated carbocycles. The summed E-state index contributed by atoms with van der Waals surface area (Å²) in [5.74, 6) is 2.06. The van der Waals surface area contributed by atoms with E-state index in [1.165, 1.54) is 21.3 Å². The van der Waals surface area contributed by atoms with Crippen LogP contribution in [0, 0.1) is 0 Å². The number of pyridine rings is 1. The molecule has 4 rings (SSSR count). The van der Waals surface area contributed by atoms with Crippen molar-refractivity contribution in [2.45, 2.75) is 6.42 Å². The average molecular weight is 408 g/mol. The smallest absolute Gasteiger partial charge is 0.264 e. The van der Waals surface area contributed by atoms with Gasteiger partial charge in [-0.3, -0.25) is 4.79 Å². The number of carbonyl (C=O) groups excluding carboxylic acids is 1. The monoisotopic (exact) mass is 408 g/mol. The van der Waals surface area contributed by atoms with Crippen LogP contribution in [0.15, 0.2) is 54.7 Å². The third-order valence-electron chi connectivity index (χ3n) is 4.54. The van der Waals surface area contributed by atoms with Crippen LogP contribution in [0.1, 0.15) is 5.56 Å². The van der Waals surface area contributed by atoms with E-state index < -0.39 is 0 Å². The van der Waals surface area contributed by atoms with Crippen molar-refractivity contribution in [1.82, 2.24) is 4.98 Å². The molecule has 2 heterocycles. The number of hydroxylamine groups is 1. The molecule has 0 aliphatic carbocycles. The van der Waals surface area contributed by atoms with E-state index in [2.05, 4.69) is 4.98 Å². The Hall–Kier alpha value is -3.94. The van der Waals surface area contributed by atoms with E-state index in [1.807, 2.05) is 18.2 Å². The van der Waals surface area contributed by atoms with Gasteiger partial charge in [0.2, 0.25) is 23.1 Å². The molecule has 0 unspecified atom stereocenters. The predicted octanol–water partition coefficient (Wildman–Crippen LogP) is 3.78. The summed E-state index contributed by atoms with van der Waals surface area (Å²) in [5.41, 5.74) is 0.994. The molecule has 8 heteroatoms. The molecule has 1 aliphatic heterocycles. The largest absolute Gasteiger partial charge is 0.493 e. The molecule has 0 saturated heterocycles. The first-order valence-electron chi connectivity index (χ1n) is 9.17. The fourth-order valence-corrected chi connectivity index (χ4v) is 3.19. The Morgan fingerprint density at radius 3 is 2.43 bits per heavy atom. The van der Waals surface area contributed by atoms with E-state index in [9.17, 15) is 4.79 Å². The lowest BCUT2D eigenvalue weighted by Gasteiger charge is -2.30. The molecule has 30 heavy (non-hydrogen) atoms. The fraction of sp³-hybridized carbons (Fsp3) is 0.182. The summed E-state index contributed by atoms with van der Waals surface area (Å²) < 4.78 is 22.2. The van der Waals surface area contributed by atoms with Gasteiger partial charge in [-0.25, -0.2) is 4.98 Å². The molecule has 0 spiro atoms. The normalized spacial score (nSPS) is 12.6. The molecule has 1 aliphatic rings. The first-order valence-corrected chi connectivity index (χ1v) is 9.17. The van der Waals surface area contributed by atoms with Crippen molar-refractivity contribution in [3.63, 3.8) is 0 Å². The lowest BCUT2D eigenvalue weighted by Crippen LogP contribution is -2.39. The number of amides is 1. The SMILES string of the molecule is COc1cc2c(c(OC)c1OC)ON(c1cccnc1Oc1ccccc1)C(=O)C2. The average Bonchev–Trinajstić information content (AvgIpc) is 2.78. The van der Waals surface area contributed by atoms with Crippen LogP contribution in [0.3, 0.4) is 0 Å². The highest BCUT2D eigenvalue weighted by molar-refractivity contribution is 5.96. The third-order valence-corrected chi connectivity index (χ3v) is 4.54. The quantitative estimate of drug-likeness (QED) is 0.614.